The fraction of sp³-hybridized carbons (Fsp3) is 0.912. The largest absolute Gasteiger partial charge is 0.472 e. The molecular weight excluding hydrogens is 988 g/mol. The number of phosphoric acid groups is 1. The summed E-state index contributed by atoms with van der Waals surface area (Å²) in [7, 11) is 1.51. The number of ether oxygens (including phenoxy) is 1. The number of phosphoric ester groups is 1. The molecular formula is C68H134N2O7P+. The first kappa shape index (κ1) is 76.5. The molecule has 0 aromatic rings. The van der Waals surface area contributed by atoms with Gasteiger partial charge in [0.2, 0.25) is 5.91 Å². The Bertz CT molecular complexity index is 1380. The summed E-state index contributed by atoms with van der Waals surface area (Å²) in [5.74, 6) is -0.494. The zero-order chi connectivity index (χ0) is 57.2. The lowest BCUT2D eigenvalue weighted by Gasteiger charge is -2.27. The van der Waals surface area contributed by atoms with Gasteiger partial charge in [0.25, 0.3) is 0 Å². The Morgan fingerprint density at radius 1 is 0.436 bits per heavy atom. The Hall–Kier alpha value is -1.51. The Balaban J connectivity index is 5.11. The summed E-state index contributed by atoms with van der Waals surface area (Å²) in [6.07, 6.45) is 70.4. The smallest absolute Gasteiger partial charge is 0.456 e. The van der Waals surface area contributed by atoms with Crippen LogP contribution in [0.2, 0.25) is 0 Å². The molecule has 0 bridgehead atoms. The molecule has 3 unspecified atom stereocenters. The maximum absolute atomic E-state index is 13.6. The average Bonchev–Trinajstić information content (AvgIpc) is 3.40. The number of nitrogens with one attached hydrogen (secondary N) is 1. The third kappa shape index (κ3) is 59.1. The number of amides is 1. The fourth-order valence-corrected chi connectivity index (χ4v) is 11.1. The number of esters is 1. The highest BCUT2D eigenvalue weighted by Gasteiger charge is 2.30. The van der Waals surface area contributed by atoms with Gasteiger partial charge in [0, 0.05) is 12.8 Å². The molecule has 0 rings (SSSR count). The van der Waals surface area contributed by atoms with Gasteiger partial charge in [-0.2, -0.15) is 0 Å². The van der Waals surface area contributed by atoms with Crippen LogP contribution in [0.4, 0.5) is 0 Å². The molecule has 0 aromatic heterocycles. The topological polar surface area (TPSA) is 111 Å². The van der Waals surface area contributed by atoms with Crippen LogP contribution in [-0.4, -0.2) is 74.3 Å². The number of rotatable bonds is 63. The van der Waals surface area contributed by atoms with E-state index in [2.05, 4.69) is 38.2 Å². The van der Waals surface area contributed by atoms with Crippen LogP contribution in [0, 0.1) is 0 Å². The van der Waals surface area contributed by atoms with Crippen LogP contribution < -0.4 is 5.32 Å². The highest BCUT2D eigenvalue weighted by Crippen LogP contribution is 2.43. The van der Waals surface area contributed by atoms with Crippen molar-refractivity contribution in [3.05, 3.63) is 24.3 Å². The van der Waals surface area contributed by atoms with E-state index in [4.69, 9.17) is 13.8 Å². The molecule has 0 aromatic carbocycles. The maximum atomic E-state index is 13.6. The second kappa shape index (κ2) is 58.7. The van der Waals surface area contributed by atoms with Crippen molar-refractivity contribution in [1.29, 1.82) is 0 Å². The minimum atomic E-state index is -4.45. The third-order valence-corrected chi connectivity index (χ3v) is 16.6. The van der Waals surface area contributed by atoms with Crippen molar-refractivity contribution in [3.8, 4) is 0 Å². The van der Waals surface area contributed by atoms with Gasteiger partial charge in [0.15, 0.2) is 0 Å². The van der Waals surface area contributed by atoms with Crippen LogP contribution in [0.5, 0.6) is 0 Å². The number of allylic oxidation sites excluding steroid dienone is 3. The van der Waals surface area contributed by atoms with Gasteiger partial charge in [-0.25, -0.2) is 4.57 Å². The first-order valence-corrected chi connectivity index (χ1v) is 35.7. The van der Waals surface area contributed by atoms with E-state index in [0.717, 1.165) is 77.0 Å². The zero-order valence-electron chi connectivity index (χ0n) is 52.9. The van der Waals surface area contributed by atoms with Crippen LogP contribution >= 0.6 is 7.82 Å². The monoisotopic (exact) mass is 1120 g/mol. The van der Waals surface area contributed by atoms with Gasteiger partial charge in [-0.1, -0.05) is 302 Å². The lowest BCUT2D eigenvalue weighted by atomic mass is 10.0. The summed E-state index contributed by atoms with van der Waals surface area (Å²) < 4.78 is 30.8. The average molecular weight is 1120 g/mol. The Morgan fingerprint density at radius 3 is 1.09 bits per heavy atom. The number of carbonyl (C=O) groups excluding carboxylic acids is 2. The number of hydrogen-bond donors (Lipinski definition) is 2. The summed E-state index contributed by atoms with van der Waals surface area (Å²) in [6.45, 7) is 7.06. The predicted octanol–water partition coefficient (Wildman–Crippen LogP) is 21.3. The quantitative estimate of drug-likeness (QED) is 0.0205. The summed E-state index contributed by atoms with van der Waals surface area (Å²) >= 11 is 0. The summed E-state index contributed by atoms with van der Waals surface area (Å²) in [4.78, 5) is 37.8. The molecule has 462 valence electrons. The minimum absolute atomic E-state index is 0.0423. The first-order chi connectivity index (χ1) is 37.9. The lowest BCUT2D eigenvalue weighted by molar-refractivity contribution is -0.870. The SMILES string of the molecule is CCCCCCCCC/C=C/CCCCCCCC(=O)NC(COP(=O)(O)OCC[N+](C)(C)C)C(/C=C\CCCCCCCCCCCCC)OC(=O)CCCCCCCCCCCCCCCCCCCCCCCCC. The maximum Gasteiger partial charge on any atom is 0.472 e. The molecule has 78 heavy (non-hydrogen) atoms. The molecule has 0 aliphatic rings. The van der Waals surface area contributed by atoms with Crippen molar-refractivity contribution in [2.24, 2.45) is 0 Å². The molecule has 1 amide bonds. The molecule has 0 fully saturated rings. The van der Waals surface area contributed by atoms with Crippen LogP contribution in [-0.2, 0) is 27.9 Å². The van der Waals surface area contributed by atoms with E-state index in [1.54, 1.807) is 0 Å². The van der Waals surface area contributed by atoms with E-state index in [1.165, 1.54) is 238 Å². The number of hydrogen-bond acceptors (Lipinski definition) is 6. The van der Waals surface area contributed by atoms with Gasteiger partial charge in [0.05, 0.1) is 33.8 Å². The van der Waals surface area contributed by atoms with Crippen molar-refractivity contribution in [2.75, 3.05) is 40.9 Å². The van der Waals surface area contributed by atoms with Crippen LogP contribution in [0.25, 0.3) is 0 Å². The number of quaternary nitrogens is 1. The van der Waals surface area contributed by atoms with Gasteiger partial charge >= 0.3 is 13.8 Å². The van der Waals surface area contributed by atoms with Crippen LogP contribution in [0.3, 0.4) is 0 Å². The second-order valence-corrected chi connectivity index (χ2v) is 26.2. The van der Waals surface area contributed by atoms with E-state index in [9.17, 15) is 19.0 Å². The lowest BCUT2D eigenvalue weighted by Crippen LogP contribution is -2.47. The van der Waals surface area contributed by atoms with E-state index in [0.29, 0.717) is 23.9 Å². The number of nitrogens with zero attached hydrogens (tertiary/aromatic N) is 1. The van der Waals surface area contributed by atoms with Gasteiger partial charge in [-0.3, -0.25) is 18.6 Å². The molecule has 0 saturated heterocycles. The number of carbonyl (C=O) groups is 2. The van der Waals surface area contributed by atoms with Gasteiger partial charge < -0.3 is 19.4 Å². The van der Waals surface area contributed by atoms with Crippen LogP contribution in [0.15, 0.2) is 24.3 Å². The summed E-state index contributed by atoms with van der Waals surface area (Å²) in [6, 6.07) is -0.847. The molecule has 0 spiro atoms. The van der Waals surface area contributed by atoms with Crippen molar-refractivity contribution in [2.45, 2.75) is 360 Å². The van der Waals surface area contributed by atoms with Crippen molar-refractivity contribution < 1.29 is 37.3 Å². The highest BCUT2D eigenvalue weighted by molar-refractivity contribution is 7.47. The predicted molar refractivity (Wildman–Crippen MR) is 337 cm³/mol. The molecule has 0 heterocycles. The Labute approximate surface area is 485 Å². The molecule has 3 atom stereocenters. The van der Waals surface area contributed by atoms with E-state index in [1.807, 2.05) is 33.3 Å². The molecule has 0 saturated carbocycles. The van der Waals surface area contributed by atoms with Gasteiger partial charge in [0.1, 0.15) is 19.3 Å². The van der Waals surface area contributed by atoms with Gasteiger partial charge in [-0.15, -0.1) is 0 Å². The Morgan fingerprint density at radius 2 is 0.744 bits per heavy atom. The van der Waals surface area contributed by atoms with Gasteiger partial charge in [-0.05, 0) is 57.4 Å². The highest BCUT2D eigenvalue weighted by atomic mass is 31.2. The van der Waals surface area contributed by atoms with Crippen molar-refractivity contribution in [3.63, 3.8) is 0 Å². The zero-order valence-corrected chi connectivity index (χ0v) is 53.8. The standard InChI is InChI=1S/C68H133N2O7P/c1-7-10-13-16-19-22-25-28-30-32-33-34-35-36-37-38-40-43-46-49-52-55-58-61-68(72)77-66(59-56-53-50-47-44-41-27-24-21-18-15-12-9-3)65(64-76-78(73,74)75-63-62-70(4,5)6)69-67(71)60-57-54-51-48-45-42-39-31-29-26-23-20-17-14-11-8-2/h31,39,56,59,65-66H,7-30,32-38,40-55,57-58,60-64H2,1-6H3,(H-,69,71,73,74)/p+1/b39-31+,59-56-. The van der Waals surface area contributed by atoms with E-state index in [-0.39, 0.29) is 25.1 Å². The number of likely N-dealkylation sites (N-methyl/N-ethyl adjacent to an activating group) is 1. The fourth-order valence-electron chi connectivity index (χ4n) is 10.4. The molecule has 0 aliphatic heterocycles. The molecule has 0 radical (unpaired) electrons. The molecule has 0 aliphatic carbocycles. The normalized spacial score (nSPS) is 13.7. The molecule has 9 nitrogen and oxygen atoms in total. The third-order valence-electron chi connectivity index (χ3n) is 15.6. The summed E-state index contributed by atoms with van der Waals surface area (Å²) in [5, 5.41) is 3.07. The Kier molecular flexibility index (Phi) is 57.5. The first-order valence-electron chi connectivity index (χ1n) is 34.2. The van der Waals surface area contributed by atoms with Crippen molar-refractivity contribution >= 4 is 19.7 Å². The minimum Gasteiger partial charge on any atom is -0.456 e. The van der Waals surface area contributed by atoms with E-state index < -0.39 is 20.0 Å². The van der Waals surface area contributed by atoms with Crippen molar-refractivity contribution in [1.82, 2.24) is 5.32 Å². The van der Waals surface area contributed by atoms with E-state index >= 15 is 0 Å². The second-order valence-electron chi connectivity index (χ2n) is 24.7. The number of unbranched alkanes of at least 4 members (excludes halogenated alkanes) is 45. The van der Waals surface area contributed by atoms with Crippen LogP contribution in [0.1, 0.15) is 348 Å². The molecule has 10 heteroatoms. The summed E-state index contributed by atoms with van der Waals surface area (Å²) in [5.41, 5.74) is 0. The molecule has 2 N–H and O–H groups in total.